The molecule has 1 saturated heterocycles. The van der Waals surface area contributed by atoms with Crippen molar-refractivity contribution in [3.05, 3.63) is 100 Å². The first-order valence-electron chi connectivity index (χ1n) is 13.1. The van der Waals surface area contributed by atoms with Gasteiger partial charge >= 0.3 is 0 Å². The predicted octanol–water partition coefficient (Wildman–Crippen LogP) is 6.59. The number of nitrogens with one attached hydrogen (secondary N) is 1. The molecule has 0 spiro atoms. The number of benzene rings is 3. The Balaban J connectivity index is 1.35. The molecule has 2 heterocycles. The molecule has 0 amide bonds. The molecule has 1 aliphatic rings. The van der Waals surface area contributed by atoms with Crippen LogP contribution in [0.4, 0.5) is 10.8 Å². The van der Waals surface area contributed by atoms with Crippen LogP contribution in [0.15, 0.2) is 83.2 Å². The Morgan fingerprint density at radius 2 is 1.95 bits per heavy atom. The van der Waals surface area contributed by atoms with Gasteiger partial charge in [0, 0.05) is 36.8 Å². The molecule has 0 radical (unpaired) electrons. The molecule has 0 bridgehead atoms. The Kier molecular flexibility index (Phi) is 8.37. The van der Waals surface area contributed by atoms with Crippen molar-refractivity contribution in [1.29, 1.82) is 0 Å². The third-order valence-corrected chi connectivity index (χ3v) is 10.2. The Bertz CT molecular complexity index is 1570. The van der Waals surface area contributed by atoms with Gasteiger partial charge in [-0.05, 0) is 67.3 Å². The highest BCUT2D eigenvalue weighted by Gasteiger charge is 2.34. The predicted molar refractivity (Wildman–Crippen MR) is 163 cm³/mol. The summed E-state index contributed by atoms with van der Waals surface area (Å²) in [6.45, 7) is 6.97. The van der Waals surface area contributed by atoms with E-state index in [2.05, 4.69) is 46.4 Å². The summed E-state index contributed by atoms with van der Waals surface area (Å²) in [5.41, 5.74) is 3.61. The van der Waals surface area contributed by atoms with Gasteiger partial charge in [0.05, 0.1) is 29.3 Å². The summed E-state index contributed by atoms with van der Waals surface area (Å²) in [6.07, 6.45) is 2.56. The molecule has 5 rings (SSSR count). The second-order valence-electron chi connectivity index (χ2n) is 10.4. The van der Waals surface area contributed by atoms with Crippen LogP contribution < -0.4 is 14.4 Å². The van der Waals surface area contributed by atoms with Gasteiger partial charge in [0.1, 0.15) is 5.75 Å². The number of hydrogen-bond donors (Lipinski definition) is 1. The summed E-state index contributed by atoms with van der Waals surface area (Å²) in [7, 11) is -2.34. The Labute approximate surface area is 245 Å². The highest BCUT2D eigenvalue weighted by atomic mass is 35.5. The number of halogens is 1. The molecule has 3 aromatic carbocycles. The summed E-state index contributed by atoms with van der Waals surface area (Å²) in [6, 6.07) is 21.0. The van der Waals surface area contributed by atoms with Crippen LogP contribution in [-0.2, 0) is 23.1 Å². The van der Waals surface area contributed by atoms with Gasteiger partial charge in [0.15, 0.2) is 5.13 Å². The van der Waals surface area contributed by atoms with Crippen molar-refractivity contribution in [1.82, 2.24) is 9.88 Å². The van der Waals surface area contributed by atoms with Crippen LogP contribution in [0.3, 0.4) is 0 Å². The van der Waals surface area contributed by atoms with Crippen molar-refractivity contribution in [2.45, 2.75) is 43.8 Å². The van der Waals surface area contributed by atoms with Gasteiger partial charge in [-0.1, -0.05) is 48.0 Å². The number of hydrogen-bond acceptors (Lipinski definition) is 7. The molecule has 0 aliphatic carbocycles. The van der Waals surface area contributed by atoms with E-state index in [1.807, 2.05) is 31.2 Å². The van der Waals surface area contributed by atoms with E-state index in [1.54, 1.807) is 30.8 Å². The number of nitrogens with zero attached hydrogens (tertiary/aromatic N) is 3. The third-order valence-electron chi connectivity index (χ3n) is 7.26. The number of methoxy groups -OCH3 is 1. The van der Waals surface area contributed by atoms with E-state index in [1.165, 1.54) is 27.3 Å². The van der Waals surface area contributed by atoms with Crippen LogP contribution in [0.1, 0.15) is 30.0 Å². The second-order valence-corrected chi connectivity index (χ2v) is 13.5. The number of thiazole rings is 1. The Morgan fingerprint density at radius 1 is 1.15 bits per heavy atom. The Morgan fingerprint density at radius 3 is 2.62 bits per heavy atom. The number of aromatic nitrogens is 1. The average molecular weight is 597 g/mol. The lowest BCUT2D eigenvalue weighted by Gasteiger charge is -2.28. The molecule has 40 heavy (non-hydrogen) atoms. The maximum absolute atomic E-state index is 13.9. The van der Waals surface area contributed by atoms with Gasteiger partial charge in [-0.3, -0.25) is 4.90 Å². The van der Waals surface area contributed by atoms with Crippen molar-refractivity contribution in [3.8, 4) is 5.75 Å². The summed E-state index contributed by atoms with van der Waals surface area (Å²) in [5.74, 6) is 0.721. The zero-order valence-corrected chi connectivity index (χ0v) is 25.2. The fourth-order valence-electron chi connectivity index (χ4n) is 5.07. The molecule has 1 aromatic heterocycles. The smallest absolute Gasteiger partial charge is 0.266 e. The highest BCUT2D eigenvalue weighted by molar-refractivity contribution is 7.93. The van der Waals surface area contributed by atoms with E-state index < -0.39 is 10.0 Å². The van der Waals surface area contributed by atoms with Gasteiger partial charge in [-0.15, -0.1) is 11.3 Å². The van der Waals surface area contributed by atoms with Crippen LogP contribution in [0.2, 0.25) is 5.02 Å². The first kappa shape index (κ1) is 28.4. The van der Waals surface area contributed by atoms with Gasteiger partial charge in [-0.2, -0.15) is 0 Å². The summed E-state index contributed by atoms with van der Waals surface area (Å²) < 4.78 is 34.5. The molecule has 10 heteroatoms. The van der Waals surface area contributed by atoms with Crippen molar-refractivity contribution in [2.24, 2.45) is 0 Å². The lowest BCUT2D eigenvalue weighted by atomic mass is 10.0. The number of aryl methyl sites for hydroxylation is 1. The molecule has 1 aliphatic heterocycles. The molecule has 0 saturated carbocycles. The van der Waals surface area contributed by atoms with E-state index >= 15 is 0 Å². The lowest BCUT2D eigenvalue weighted by Crippen LogP contribution is -2.38. The van der Waals surface area contributed by atoms with Crippen molar-refractivity contribution >= 4 is 43.8 Å². The summed E-state index contributed by atoms with van der Waals surface area (Å²) in [4.78, 5) is 6.85. The molecule has 210 valence electrons. The molecule has 1 atom stereocenters. The normalized spacial score (nSPS) is 17.6. The monoisotopic (exact) mass is 596 g/mol. The first-order valence-corrected chi connectivity index (χ1v) is 15.8. The Hall–Kier alpha value is -3.11. The molecule has 1 N–H and O–H groups in total. The highest BCUT2D eigenvalue weighted by Crippen LogP contribution is 2.35. The maximum atomic E-state index is 13.9. The van der Waals surface area contributed by atoms with E-state index in [-0.39, 0.29) is 17.0 Å². The van der Waals surface area contributed by atoms with Crippen molar-refractivity contribution in [2.75, 3.05) is 29.8 Å². The number of likely N-dealkylation sites (tertiary alicyclic amines) is 1. The number of ether oxygens (including phenoxy) is 1. The summed E-state index contributed by atoms with van der Waals surface area (Å²) in [5, 5.41) is 6.12. The first-order chi connectivity index (χ1) is 19.2. The van der Waals surface area contributed by atoms with Crippen LogP contribution in [0.5, 0.6) is 5.75 Å². The number of anilines is 2. The van der Waals surface area contributed by atoms with Crippen LogP contribution in [0, 0.1) is 6.92 Å². The molecule has 1 unspecified atom stereocenters. The zero-order valence-electron chi connectivity index (χ0n) is 22.8. The topological polar surface area (TPSA) is 74.8 Å². The molecule has 1 fully saturated rings. The van der Waals surface area contributed by atoms with Gasteiger partial charge in [0.25, 0.3) is 10.0 Å². The standard InChI is InChI=1S/C30H33ClN4O3S2/c1-22-17-25(38-3)10-9-24(22)20-35(29-32-14-16-39-29)40(36,37)26-11-12-28(27(31)18-26)33-30(2)13-15-34(21-30)19-23-7-5-4-6-8-23/h4-12,14,16-18,33H,13,15,19-21H2,1-3H3. The van der Waals surface area contributed by atoms with E-state index in [0.29, 0.717) is 10.2 Å². The number of rotatable bonds is 10. The minimum atomic E-state index is -3.95. The minimum Gasteiger partial charge on any atom is -0.497 e. The number of sulfonamides is 1. The van der Waals surface area contributed by atoms with Crippen LogP contribution >= 0.6 is 22.9 Å². The van der Waals surface area contributed by atoms with Gasteiger partial charge < -0.3 is 10.1 Å². The average Bonchev–Trinajstić information content (AvgIpc) is 3.59. The van der Waals surface area contributed by atoms with E-state index in [9.17, 15) is 8.42 Å². The maximum Gasteiger partial charge on any atom is 0.266 e. The van der Waals surface area contributed by atoms with Crippen LogP contribution in [0.25, 0.3) is 0 Å². The van der Waals surface area contributed by atoms with Crippen LogP contribution in [-0.4, -0.2) is 44.0 Å². The van der Waals surface area contributed by atoms with Gasteiger partial charge in [-0.25, -0.2) is 17.7 Å². The van der Waals surface area contributed by atoms with E-state index in [0.717, 1.165) is 48.6 Å². The molecule has 4 aromatic rings. The fraction of sp³-hybridized carbons (Fsp3) is 0.300. The minimum absolute atomic E-state index is 0.117. The molecular weight excluding hydrogens is 564 g/mol. The largest absolute Gasteiger partial charge is 0.497 e. The van der Waals surface area contributed by atoms with Crippen molar-refractivity contribution in [3.63, 3.8) is 0 Å². The molecular formula is C30H33ClN4O3S2. The quantitative estimate of drug-likeness (QED) is 0.223. The summed E-state index contributed by atoms with van der Waals surface area (Å²) >= 11 is 7.98. The van der Waals surface area contributed by atoms with Crippen molar-refractivity contribution < 1.29 is 13.2 Å². The van der Waals surface area contributed by atoms with E-state index in [4.69, 9.17) is 16.3 Å². The second kappa shape index (κ2) is 11.8. The third kappa shape index (κ3) is 6.28. The molecule has 7 nitrogen and oxygen atoms in total. The lowest BCUT2D eigenvalue weighted by molar-refractivity contribution is 0.315. The fourth-order valence-corrected chi connectivity index (χ4v) is 7.65. The zero-order chi connectivity index (χ0) is 28.3. The van der Waals surface area contributed by atoms with Gasteiger partial charge in [0.2, 0.25) is 0 Å². The SMILES string of the molecule is COc1ccc(CN(c2nccs2)S(=O)(=O)c2ccc(NC3(C)CCN(Cc4ccccc4)C3)c(Cl)c2)c(C)c1.